The van der Waals surface area contributed by atoms with Crippen LogP contribution in [-0.4, -0.2) is 26.7 Å². The molecule has 3 aromatic rings. The first-order valence-electron chi connectivity index (χ1n) is 6.75. The third-order valence-electron chi connectivity index (χ3n) is 3.48. The van der Waals surface area contributed by atoms with Crippen LogP contribution in [0.1, 0.15) is 11.3 Å². The Morgan fingerprint density at radius 3 is 2.81 bits per heavy atom. The molecule has 0 aliphatic carbocycles. The minimum Gasteiger partial charge on any atom is -0.396 e. The molecule has 2 N–H and O–H groups in total. The van der Waals surface area contributed by atoms with Gasteiger partial charge in [-0.1, -0.05) is 24.3 Å². The van der Waals surface area contributed by atoms with Gasteiger partial charge < -0.3 is 10.1 Å². The third-order valence-corrected chi connectivity index (χ3v) is 3.48. The third kappa shape index (κ3) is 2.43. The number of H-pyrrole nitrogens is 1. The monoisotopic (exact) mass is 281 g/mol. The fourth-order valence-electron chi connectivity index (χ4n) is 2.44. The van der Waals surface area contributed by atoms with E-state index in [1.54, 1.807) is 13.1 Å². The number of rotatable bonds is 3. The minimum atomic E-state index is -0.221. The predicted molar refractivity (Wildman–Crippen MR) is 81.1 cm³/mol. The first-order chi connectivity index (χ1) is 10.2. The van der Waals surface area contributed by atoms with Crippen molar-refractivity contribution in [2.75, 3.05) is 6.61 Å². The molecule has 0 spiro atoms. The Kier molecular flexibility index (Phi) is 3.50. The van der Waals surface area contributed by atoms with Crippen LogP contribution >= 0.6 is 0 Å². The Labute approximate surface area is 121 Å². The van der Waals surface area contributed by atoms with Crippen molar-refractivity contribution in [3.63, 3.8) is 0 Å². The van der Waals surface area contributed by atoms with Crippen molar-refractivity contribution in [3.8, 4) is 11.5 Å². The summed E-state index contributed by atoms with van der Waals surface area (Å²) in [6.07, 6.45) is 2.01. The molecule has 0 saturated carbocycles. The summed E-state index contributed by atoms with van der Waals surface area (Å²) >= 11 is 0. The molecule has 0 saturated heterocycles. The number of hydrogen-bond acceptors (Lipinski definition) is 4. The van der Waals surface area contributed by atoms with Crippen LogP contribution < -0.4 is 5.56 Å². The largest absolute Gasteiger partial charge is 0.396 e. The Morgan fingerprint density at radius 2 is 2.05 bits per heavy atom. The fraction of sp³-hybridized carbons (Fsp3) is 0.188. The number of hydrogen-bond donors (Lipinski definition) is 2. The molecule has 5 heteroatoms. The highest BCUT2D eigenvalue weighted by Gasteiger charge is 2.12. The molecule has 1 aromatic carbocycles. The van der Waals surface area contributed by atoms with Gasteiger partial charge in [-0.25, -0.2) is 4.98 Å². The van der Waals surface area contributed by atoms with E-state index in [9.17, 15) is 4.79 Å². The lowest BCUT2D eigenvalue weighted by atomic mass is 10.1. The first kappa shape index (κ1) is 13.5. The van der Waals surface area contributed by atoms with Gasteiger partial charge in [-0.2, -0.15) is 0 Å². The quantitative estimate of drug-likeness (QED) is 0.767. The van der Waals surface area contributed by atoms with E-state index in [-0.39, 0.29) is 12.2 Å². The van der Waals surface area contributed by atoms with Crippen molar-refractivity contribution in [2.45, 2.75) is 13.3 Å². The van der Waals surface area contributed by atoms with Gasteiger partial charge in [0.05, 0.1) is 0 Å². The van der Waals surface area contributed by atoms with E-state index < -0.39 is 0 Å². The summed E-state index contributed by atoms with van der Waals surface area (Å²) in [6, 6.07) is 9.75. The Bertz CT molecular complexity index is 850. The summed E-state index contributed by atoms with van der Waals surface area (Å²) < 4.78 is 0. The molecule has 0 atom stereocenters. The second-order valence-corrected chi connectivity index (χ2v) is 4.83. The van der Waals surface area contributed by atoms with Crippen molar-refractivity contribution >= 4 is 10.8 Å². The molecule has 0 aliphatic heterocycles. The lowest BCUT2D eigenvalue weighted by molar-refractivity contribution is 0.298. The molecule has 0 aliphatic rings. The van der Waals surface area contributed by atoms with Crippen molar-refractivity contribution in [1.82, 2.24) is 15.0 Å². The molecular weight excluding hydrogens is 266 g/mol. The zero-order valence-electron chi connectivity index (χ0n) is 11.6. The second kappa shape index (κ2) is 5.46. The summed E-state index contributed by atoms with van der Waals surface area (Å²) in [5, 5.41) is 11.0. The normalized spacial score (nSPS) is 11.0. The molecular formula is C16H15N3O2. The average Bonchev–Trinajstić information content (AvgIpc) is 2.50. The van der Waals surface area contributed by atoms with Crippen molar-refractivity contribution in [2.24, 2.45) is 0 Å². The van der Waals surface area contributed by atoms with E-state index >= 15 is 0 Å². The highest BCUT2D eigenvalue weighted by molar-refractivity contribution is 5.92. The van der Waals surface area contributed by atoms with Crippen LogP contribution in [0.25, 0.3) is 22.3 Å². The second-order valence-electron chi connectivity index (χ2n) is 4.83. The predicted octanol–water partition coefficient (Wildman–Crippen LogP) is 1.83. The number of benzene rings is 1. The molecule has 21 heavy (non-hydrogen) atoms. The summed E-state index contributed by atoms with van der Waals surface area (Å²) in [5.74, 6) is 0.455. The SMILES string of the molecule is Cc1nc(-c2nccc3ccccc23)[nH]c(=O)c1CCO. The van der Waals surface area contributed by atoms with Gasteiger partial charge in [-0.15, -0.1) is 0 Å². The van der Waals surface area contributed by atoms with Gasteiger partial charge >= 0.3 is 0 Å². The smallest absolute Gasteiger partial charge is 0.254 e. The maximum absolute atomic E-state index is 12.1. The van der Waals surface area contributed by atoms with Crippen molar-refractivity contribution < 1.29 is 5.11 Å². The molecule has 0 unspecified atom stereocenters. The van der Waals surface area contributed by atoms with Crippen LogP contribution in [0.3, 0.4) is 0 Å². The first-order valence-corrected chi connectivity index (χ1v) is 6.75. The average molecular weight is 281 g/mol. The lowest BCUT2D eigenvalue weighted by Gasteiger charge is -2.08. The molecule has 0 bridgehead atoms. The van der Waals surface area contributed by atoms with Crippen LogP contribution in [0.4, 0.5) is 0 Å². The molecule has 0 amide bonds. The van der Waals surface area contributed by atoms with Crippen LogP contribution in [-0.2, 0) is 6.42 Å². The number of aromatic amines is 1. The van der Waals surface area contributed by atoms with Crippen LogP contribution in [0, 0.1) is 6.92 Å². The topological polar surface area (TPSA) is 78.9 Å². The highest BCUT2D eigenvalue weighted by atomic mass is 16.3. The Morgan fingerprint density at radius 1 is 1.24 bits per heavy atom. The molecule has 2 heterocycles. The number of nitrogens with zero attached hydrogens (tertiary/aromatic N) is 2. The molecule has 5 nitrogen and oxygen atoms in total. The number of pyridine rings is 1. The zero-order valence-corrected chi connectivity index (χ0v) is 11.6. The Balaban J connectivity index is 2.22. The van der Waals surface area contributed by atoms with Crippen LogP contribution in [0.15, 0.2) is 41.3 Å². The zero-order chi connectivity index (χ0) is 14.8. The number of aromatic nitrogens is 3. The Hall–Kier alpha value is -2.53. The van der Waals surface area contributed by atoms with Gasteiger partial charge in [0.1, 0.15) is 5.69 Å². The highest BCUT2D eigenvalue weighted by Crippen LogP contribution is 2.23. The van der Waals surface area contributed by atoms with Gasteiger partial charge in [-0.3, -0.25) is 9.78 Å². The van der Waals surface area contributed by atoms with Gasteiger partial charge in [0, 0.05) is 35.9 Å². The van der Waals surface area contributed by atoms with Gasteiger partial charge in [0.25, 0.3) is 5.56 Å². The van der Waals surface area contributed by atoms with E-state index in [0.717, 1.165) is 10.8 Å². The summed E-state index contributed by atoms with van der Waals surface area (Å²) in [4.78, 5) is 23.7. The van der Waals surface area contributed by atoms with Crippen LogP contribution in [0.5, 0.6) is 0 Å². The van der Waals surface area contributed by atoms with Crippen molar-refractivity contribution in [3.05, 3.63) is 58.1 Å². The number of nitrogens with one attached hydrogen (secondary N) is 1. The number of fused-ring (bicyclic) bond motifs is 1. The van der Waals surface area contributed by atoms with E-state index in [1.807, 2.05) is 30.3 Å². The van der Waals surface area contributed by atoms with E-state index in [0.29, 0.717) is 29.2 Å². The molecule has 0 fully saturated rings. The molecule has 106 valence electrons. The standard InChI is InChI=1S/C16H15N3O2/c1-10-12(7-9-20)16(21)19-15(18-10)14-13-5-3-2-4-11(13)6-8-17-14/h2-6,8,20H,7,9H2,1H3,(H,18,19,21). The summed E-state index contributed by atoms with van der Waals surface area (Å²) in [6.45, 7) is 1.70. The summed E-state index contributed by atoms with van der Waals surface area (Å²) in [5.41, 5.74) is 1.57. The fourth-order valence-corrected chi connectivity index (χ4v) is 2.44. The van der Waals surface area contributed by atoms with Gasteiger partial charge in [0.15, 0.2) is 5.82 Å². The van der Waals surface area contributed by atoms with E-state index in [4.69, 9.17) is 5.11 Å². The van der Waals surface area contributed by atoms with E-state index in [2.05, 4.69) is 15.0 Å². The van der Waals surface area contributed by atoms with E-state index in [1.165, 1.54) is 0 Å². The number of aliphatic hydroxyl groups is 1. The van der Waals surface area contributed by atoms with Gasteiger partial charge in [0.2, 0.25) is 0 Å². The molecule has 0 radical (unpaired) electrons. The van der Waals surface area contributed by atoms with Crippen LogP contribution in [0.2, 0.25) is 0 Å². The number of aryl methyl sites for hydroxylation is 1. The summed E-state index contributed by atoms with van der Waals surface area (Å²) in [7, 11) is 0. The van der Waals surface area contributed by atoms with Crippen molar-refractivity contribution in [1.29, 1.82) is 0 Å². The number of aliphatic hydroxyl groups excluding tert-OH is 1. The minimum absolute atomic E-state index is 0.0720. The van der Waals surface area contributed by atoms with Gasteiger partial charge in [-0.05, 0) is 18.4 Å². The maximum atomic E-state index is 12.1. The maximum Gasteiger partial charge on any atom is 0.254 e. The molecule has 3 rings (SSSR count). The lowest BCUT2D eigenvalue weighted by Crippen LogP contribution is -2.18. The molecule has 2 aromatic heterocycles.